The number of terminal acetylenes is 1. The third-order valence-corrected chi connectivity index (χ3v) is 12.6. The number of nitrogens with zero attached hydrogens (tertiary/aromatic N) is 7. The molecule has 280 valence electrons. The van der Waals surface area contributed by atoms with Crippen molar-refractivity contribution in [2.75, 3.05) is 50.8 Å². The van der Waals surface area contributed by atoms with Crippen molar-refractivity contribution >= 4 is 38.4 Å². The quantitative estimate of drug-likeness (QED) is 0.200. The smallest absolute Gasteiger partial charge is 0.319 e. The van der Waals surface area contributed by atoms with Crippen LogP contribution in [0.2, 0.25) is 0 Å². The van der Waals surface area contributed by atoms with E-state index >= 15 is 8.78 Å². The monoisotopic (exact) mass is 737 g/mol. The summed E-state index contributed by atoms with van der Waals surface area (Å²) in [6, 6.07) is 5.89. The molecule has 7 heterocycles. The fraction of sp³-hybridized carbons (Fsp3) is 0.488. The van der Waals surface area contributed by atoms with Crippen LogP contribution >= 0.6 is 0 Å². The molecule has 5 fully saturated rings. The van der Waals surface area contributed by atoms with Crippen LogP contribution < -0.4 is 9.64 Å². The van der Waals surface area contributed by atoms with Crippen LogP contribution in [0.5, 0.6) is 11.8 Å². The minimum Gasteiger partial charge on any atom is -0.508 e. The number of likely N-dealkylation sites (tertiary alicyclic amines) is 1. The third kappa shape index (κ3) is 5.32. The molecule has 0 radical (unpaired) electrons. The van der Waals surface area contributed by atoms with Gasteiger partial charge in [-0.2, -0.15) is 15.1 Å². The number of phenolic OH excluding ortho intramolecular Hbond substituents is 1. The first-order valence-electron chi connectivity index (χ1n) is 19.1. The Morgan fingerprint density at radius 1 is 1.06 bits per heavy atom. The molecule has 10 rings (SSSR count). The maximum Gasteiger partial charge on any atom is 0.319 e. The number of aromatic nitrogens is 4. The lowest BCUT2D eigenvalue weighted by Crippen LogP contribution is -2.55. The van der Waals surface area contributed by atoms with Gasteiger partial charge in [0.25, 0.3) is 0 Å². The van der Waals surface area contributed by atoms with Crippen molar-refractivity contribution in [3.63, 3.8) is 0 Å². The highest BCUT2D eigenvalue weighted by Crippen LogP contribution is 2.47. The van der Waals surface area contributed by atoms with Gasteiger partial charge in [-0.1, -0.05) is 12.0 Å². The standard InChI is InChI=1S/C41H42F3N7O3/c1-3-29-32(43)10-7-23-14-27(52)15-30(33(23)29)34-36(44)38-35(31-21-48(2)47-37(31)34)39(46-40(45-38)54-22-41-11-5-12-50(41)17-24(42)16-41)51-25-8-9-26(51)19-49(18-25)20-28-6-4-13-53-28/h1,7,10,14-15,21,24-26,28,52H,4-6,8-9,11-13,16-20,22H2,2H3/t24-,25-,26+,28?,41+/m1/s1. The lowest BCUT2D eigenvalue weighted by atomic mass is 9.91. The first-order valence-corrected chi connectivity index (χ1v) is 19.1. The van der Waals surface area contributed by atoms with Gasteiger partial charge >= 0.3 is 6.01 Å². The summed E-state index contributed by atoms with van der Waals surface area (Å²) in [4.78, 5) is 16.9. The molecule has 0 amide bonds. The Hall–Kier alpha value is -4.64. The van der Waals surface area contributed by atoms with Crippen molar-refractivity contribution in [1.29, 1.82) is 0 Å². The Balaban J connectivity index is 1.17. The average molecular weight is 738 g/mol. The Labute approximate surface area is 310 Å². The van der Waals surface area contributed by atoms with Gasteiger partial charge in [0, 0.05) is 80.9 Å². The van der Waals surface area contributed by atoms with E-state index in [1.165, 1.54) is 24.3 Å². The number of phenols is 1. The number of piperazine rings is 1. The molecule has 0 spiro atoms. The predicted molar refractivity (Wildman–Crippen MR) is 200 cm³/mol. The maximum atomic E-state index is 17.8. The van der Waals surface area contributed by atoms with E-state index in [-0.39, 0.29) is 64.1 Å². The lowest BCUT2D eigenvalue weighted by molar-refractivity contribution is 0.0654. The second-order valence-corrected chi connectivity index (χ2v) is 16.0. The normalized spacial score (nSPS) is 27.1. The molecule has 5 aromatic rings. The summed E-state index contributed by atoms with van der Waals surface area (Å²) in [6.07, 6.45) is 13.2. The molecule has 10 nitrogen and oxygen atoms in total. The average Bonchev–Trinajstić information content (AvgIpc) is 3.97. The zero-order chi connectivity index (χ0) is 36.9. The molecule has 0 aliphatic carbocycles. The molecule has 2 bridgehead atoms. The summed E-state index contributed by atoms with van der Waals surface area (Å²) < 4.78 is 61.9. The van der Waals surface area contributed by atoms with Crippen LogP contribution in [0, 0.1) is 24.0 Å². The Kier molecular flexibility index (Phi) is 7.98. The summed E-state index contributed by atoms with van der Waals surface area (Å²) in [5, 5.41) is 17.5. The van der Waals surface area contributed by atoms with Gasteiger partial charge in [-0.15, -0.1) is 6.42 Å². The van der Waals surface area contributed by atoms with Crippen molar-refractivity contribution < 1.29 is 27.8 Å². The molecule has 5 aliphatic heterocycles. The van der Waals surface area contributed by atoms with Gasteiger partial charge in [0.2, 0.25) is 0 Å². The highest BCUT2D eigenvalue weighted by molar-refractivity contribution is 6.18. The van der Waals surface area contributed by atoms with Crippen molar-refractivity contribution in [1.82, 2.24) is 29.5 Å². The van der Waals surface area contributed by atoms with E-state index in [0.717, 1.165) is 71.3 Å². The molecule has 5 aliphatic rings. The van der Waals surface area contributed by atoms with Crippen LogP contribution in [0.4, 0.5) is 19.0 Å². The molecule has 5 atom stereocenters. The van der Waals surface area contributed by atoms with Crippen molar-refractivity contribution in [2.24, 2.45) is 7.05 Å². The van der Waals surface area contributed by atoms with Gasteiger partial charge < -0.3 is 19.5 Å². The Morgan fingerprint density at radius 3 is 2.67 bits per heavy atom. The zero-order valence-electron chi connectivity index (χ0n) is 30.2. The van der Waals surface area contributed by atoms with Gasteiger partial charge in [-0.3, -0.25) is 14.5 Å². The van der Waals surface area contributed by atoms with E-state index in [2.05, 4.69) is 20.6 Å². The minimum absolute atomic E-state index is 0.0198. The number of rotatable bonds is 7. The fourth-order valence-corrected chi connectivity index (χ4v) is 10.4. The van der Waals surface area contributed by atoms with Crippen molar-refractivity contribution in [3.8, 4) is 35.2 Å². The number of alkyl halides is 1. The lowest BCUT2D eigenvalue weighted by Gasteiger charge is -2.42. The molecule has 1 N–H and O–H groups in total. The number of hydrogen-bond donors (Lipinski definition) is 1. The van der Waals surface area contributed by atoms with E-state index in [4.69, 9.17) is 31.0 Å². The summed E-state index contributed by atoms with van der Waals surface area (Å²) in [5.74, 6) is 1.55. The predicted octanol–water partition coefficient (Wildman–Crippen LogP) is 6.09. The summed E-state index contributed by atoms with van der Waals surface area (Å²) in [5.41, 5.74) is 0.0726. The number of ether oxygens (including phenoxy) is 2. The van der Waals surface area contributed by atoms with Gasteiger partial charge in [0.15, 0.2) is 5.82 Å². The van der Waals surface area contributed by atoms with E-state index in [9.17, 15) is 9.50 Å². The zero-order valence-corrected chi connectivity index (χ0v) is 30.2. The first-order chi connectivity index (χ1) is 26.2. The summed E-state index contributed by atoms with van der Waals surface area (Å²) >= 11 is 0. The van der Waals surface area contributed by atoms with Gasteiger partial charge in [0.1, 0.15) is 41.2 Å². The van der Waals surface area contributed by atoms with Crippen LogP contribution in [-0.4, -0.2) is 110 Å². The number of anilines is 1. The summed E-state index contributed by atoms with van der Waals surface area (Å²) in [7, 11) is 1.76. The number of halogens is 3. The molecular weight excluding hydrogens is 695 g/mol. The number of benzene rings is 3. The fourth-order valence-electron chi connectivity index (χ4n) is 10.4. The third-order valence-electron chi connectivity index (χ3n) is 12.6. The minimum atomic E-state index is -0.933. The Bertz CT molecular complexity index is 2360. The van der Waals surface area contributed by atoms with E-state index in [0.29, 0.717) is 40.5 Å². The van der Waals surface area contributed by atoms with Gasteiger partial charge in [0.05, 0.1) is 22.6 Å². The second-order valence-electron chi connectivity index (χ2n) is 16.0. The van der Waals surface area contributed by atoms with Crippen LogP contribution in [0.25, 0.3) is 43.7 Å². The largest absolute Gasteiger partial charge is 0.508 e. The first kappa shape index (κ1) is 33.9. The van der Waals surface area contributed by atoms with Crippen LogP contribution in [0.1, 0.15) is 50.5 Å². The SMILES string of the molecule is C#Cc1c(F)ccc2cc(O)cc(-c3c(F)c4nc(OC[C@@]56CCCN5C[C@H](F)C6)nc(N5[C@@H]6CC[C@H]5CN(CC5CCCO5)C6)c4c4cn(C)nc34)c12. The van der Waals surface area contributed by atoms with E-state index in [1.54, 1.807) is 11.7 Å². The van der Waals surface area contributed by atoms with Gasteiger partial charge in [-0.25, -0.2) is 13.2 Å². The topological polar surface area (TPSA) is 92.0 Å². The molecule has 5 saturated heterocycles. The molecule has 54 heavy (non-hydrogen) atoms. The highest BCUT2D eigenvalue weighted by Gasteiger charge is 2.50. The van der Waals surface area contributed by atoms with Crippen LogP contribution in [0.15, 0.2) is 30.5 Å². The summed E-state index contributed by atoms with van der Waals surface area (Å²) in [6.45, 7) is 4.71. The molecule has 3 aromatic carbocycles. The molecule has 0 saturated carbocycles. The number of hydrogen-bond acceptors (Lipinski definition) is 9. The number of aromatic hydroxyl groups is 1. The highest BCUT2D eigenvalue weighted by atomic mass is 19.1. The second kappa shape index (κ2) is 12.7. The van der Waals surface area contributed by atoms with E-state index < -0.39 is 23.3 Å². The van der Waals surface area contributed by atoms with E-state index in [1.807, 2.05) is 6.20 Å². The van der Waals surface area contributed by atoms with Crippen LogP contribution in [-0.2, 0) is 11.8 Å². The molecule has 2 aromatic heterocycles. The number of fused-ring (bicyclic) bond motifs is 7. The van der Waals surface area contributed by atoms with Crippen LogP contribution in [0.3, 0.4) is 0 Å². The Morgan fingerprint density at radius 2 is 1.89 bits per heavy atom. The number of aryl methyl sites for hydroxylation is 1. The molecule has 13 heteroatoms. The van der Waals surface area contributed by atoms with Crippen molar-refractivity contribution in [3.05, 3.63) is 47.7 Å². The molecule has 1 unspecified atom stereocenters. The maximum absolute atomic E-state index is 17.8. The molecular formula is C41H42F3N7O3. The van der Waals surface area contributed by atoms with Crippen molar-refractivity contribution in [2.45, 2.75) is 74.8 Å². The van der Waals surface area contributed by atoms with Gasteiger partial charge in [-0.05, 0) is 74.2 Å².